The quantitative estimate of drug-likeness (QED) is 0.142. The Morgan fingerprint density at radius 1 is 0.105 bits per heavy atom. The van der Waals surface area contributed by atoms with Gasteiger partial charge in [0.2, 0.25) is 0 Å². The van der Waals surface area contributed by atoms with Crippen LogP contribution in [0.4, 0.5) is 0 Å². The van der Waals surface area contributed by atoms with Crippen LogP contribution < -0.4 is 0 Å². The van der Waals surface area contributed by atoms with Gasteiger partial charge in [-0.1, -0.05) is 402 Å². The number of hydrogen-bond acceptors (Lipinski definition) is 0. The molecule has 0 unspecified atom stereocenters. The zero-order chi connectivity index (χ0) is 82.0. The standard InChI is InChI=1S/4C24H16.2C13H10.C2H6/c2*1-4-10-18-15(7-1)13-21-19-11-5-6-12-20(19)23-17-9-3-2-8-16(17)14-22(23)24(18)21;1-3-9-17-15(7-1)13-21-22-14-16-8-2-4-10-18(16)24(22)20-12-6-5-11-19(20)23(17)21;1-3-9-17-15(7-1)13-21-19-11-5-6-12-20(19)22-14-16-8-2-4-10-18(16)24(22)23(17)21;2*1-3-7-12-10(5-1)9-11-6-2-4-8-13(11)12;1-2/h4*1-12H,13-14H2;2*1-8H,9H2;1-2H3. The van der Waals surface area contributed by atoms with Gasteiger partial charge in [0.25, 0.3) is 0 Å². The third-order valence-corrected chi connectivity index (χ3v) is 28.4. The van der Waals surface area contributed by atoms with Gasteiger partial charge < -0.3 is 0 Å². The summed E-state index contributed by atoms with van der Waals surface area (Å²) in [4.78, 5) is 0. The van der Waals surface area contributed by atoms with Crippen molar-refractivity contribution in [2.45, 2.75) is 78.1 Å². The second-order valence-electron chi connectivity index (χ2n) is 34.7. The fourth-order valence-corrected chi connectivity index (χ4v) is 23.2. The first kappa shape index (κ1) is 73.4. The SMILES string of the molecule is CC.c1ccc2c(c1)Cc1c-2c2c(c3ccccc13)-c1ccccc1C2.c1ccc2c(c1)Cc1c-2c2c(c3ccccc13)-c1ccccc1C2.c1ccc2c(c1)Cc1c-2c2c(c3ccccc13)Cc1ccccc1-2.c1ccc2c(c1)Cc1c3c(c4ccccc4c1-2)-c1ccccc1C3.c1ccc2c(c1)Cc1ccccc1-2.c1ccc2c(c1)Cc1ccccc1-2. The molecule has 0 bridgehead atoms. The molecule has 0 aliphatic heterocycles. The van der Waals surface area contributed by atoms with E-state index in [0.29, 0.717) is 0 Å². The lowest BCUT2D eigenvalue weighted by atomic mass is 9.89. The van der Waals surface area contributed by atoms with E-state index in [0.717, 1.165) is 64.2 Å². The molecule has 10 aliphatic carbocycles. The van der Waals surface area contributed by atoms with E-state index in [-0.39, 0.29) is 0 Å². The summed E-state index contributed by atoms with van der Waals surface area (Å²) in [5, 5.41) is 11.4. The molecule has 0 nitrogen and oxygen atoms in total. The van der Waals surface area contributed by atoms with Crippen LogP contribution in [0.1, 0.15) is 125 Å². The normalized spacial score (nSPS) is 13.1. The molecule has 0 heterocycles. The molecule has 0 spiro atoms. The summed E-state index contributed by atoms with van der Waals surface area (Å²) in [6, 6.07) is 142. The van der Waals surface area contributed by atoms with Gasteiger partial charge in [-0.25, -0.2) is 0 Å². The average molecular weight is 1580 g/mol. The molecule has 10 aliphatic rings. The Hall–Kier alpha value is -14.6. The molecule has 20 aromatic rings. The molecule has 0 saturated heterocycles. The van der Waals surface area contributed by atoms with Gasteiger partial charge in [-0.2, -0.15) is 0 Å². The fraction of sp³-hybridized carbons (Fsp3) is 0.0968. The first-order valence-electron chi connectivity index (χ1n) is 44.8. The van der Waals surface area contributed by atoms with Crippen LogP contribution in [-0.4, -0.2) is 0 Å². The van der Waals surface area contributed by atoms with E-state index in [4.69, 9.17) is 0 Å². The van der Waals surface area contributed by atoms with Gasteiger partial charge in [0.15, 0.2) is 0 Å². The van der Waals surface area contributed by atoms with Crippen LogP contribution in [0.15, 0.2) is 388 Å². The highest BCUT2D eigenvalue weighted by atomic mass is 14.4. The van der Waals surface area contributed by atoms with E-state index < -0.39 is 0 Å². The highest BCUT2D eigenvalue weighted by molar-refractivity contribution is 6.14. The molecular weight excluding hydrogens is 1490 g/mol. The van der Waals surface area contributed by atoms with E-state index in [9.17, 15) is 0 Å². The maximum Gasteiger partial charge on any atom is -0.000695 e. The van der Waals surface area contributed by atoms with Gasteiger partial charge in [0.05, 0.1) is 0 Å². The van der Waals surface area contributed by atoms with Crippen LogP contribution in [0.2, 0.25) is 0 Å². The van der Waals surface area contributed by atoms with E-state index in [1.807, 2.05) is 13.8 Å². The second-order valence-corrected chi connectivity index (χ2v) is 34.7. The first-order chi connectivity index (χ1) is 61.6. The van der Waals surface area contributed by atoms with Crippen molar-refractivity contribution in [1.82, 2.24) is 0 Å². The summed E-state index contributed by atoms with van der Waals surface area (Å²) >= 11 is 0. The Morgan fingerprint density at radius 2 is 0.242 bits per heavy atom. The van der Waals surface area contributed by atoms with Crippen LogP contribution in [0.25, 0.3) is 154 Å². The molecule has 124 heavy (non-hydrogen) atoms. The molecule has 0 amide bonds. The van der Waals surface area contributed by atoms with Crippen LogP contribution in [0.5, 0.6) is 0 Å². The van der Waals surface area contributed by atoms with Crippen molar-refractivity contribution >= 4 is 43.1 Å². The molecule has 30 rings (SSSR count). The van der Waals surface area contributed by atoms with Gasteiger partial charge in [-0.05, 0) is 330 Å². The number of hydrogen-bond donors (Lipinski definition) is 0. The monoisotopic (exact) mass is 1580 g/mol. The van der Waals surface area contributed by atoms with Crippen molar-refractivity contribution in [3.8, 4) is 111 Å². The predicted octanol–water partition coefficient (Wildman–Crippen LogP) is 31.5. The van der Waals surface area contributed by atoms with Crippen molar-refractivity contribution < 1.29 is 0 Å². The summed E-state index contributed by atoms with van der Waals surface area (Å²) in [6.07, 6.45) is 10.7. The minimum absolute atomic E-state index is 1.06. The van der Waals surface area contributed by atoms with Crippen molar-refractivity contribution in [2.24, 2.45) is 0 Å². The third-order valence-electron chi connectivity index (χ3n) is 28.4. The Labute approximate surface area is 726 Å². The molecule has 0 heteroatoms. The molecule has 0 aromatic heterocycles. The summed E-state index contributed by atoms with van der Waals surface area (Å²) in [5.41, 5.74) is 58.9. The van der Waals surface area contributed by atoms with E-state index in [1.165, 1.54) is 255 Å². The number of rotatable bonds is 0. The second kappa shape index (κ2) is 30.2. The molecule has 0 saturated carbocycles. The number of fused-ring (bicyclic) bond motifs is 46. The lowest BCUT2D eigenvalue weighted by molar-refractivity contribution is 1.17. The predicted molar refractivity (Wildman–Crippen MR) is 522 cm³/mol. The average Bonchev–Trinajstić information content (AvgIpc) is 1.57. The summed E-state index contributed by atoms with van der Waals surface area (Å²) < 4.78 is 0. The summed E-state index contributed by atoms with van der Waals surface area (Å²) in [5.74, 6) is 0. The zero-order valence-corrected chi connectivity index (χ0v) is 70.0. The van der Waals surface area contributed by atoms with Crippen LogP contribution >= 0.6 is 0 Å². The van der Waals surface area contributed by atoms with E-state index in [2.05, 4.69) is 388 Å². The van der Waals surface area contributed by atoms with Crippen molar-refractivity contribution in [3.05, 3.63) is 500 Å². The topological polar surface area (TPSA) is 0 Å². The Morgan fingerprint density at radius 3 is 0.484 bits per heavy atom. The summed E-state index contributed by atoms with van der Waals surface area (Å²) in [7, 11) is 0. The van der Waals surface area contributed by atoms with E-state index in [1.54, 1.807) is 11.1 Å². The highest BCUT2D eigenvalue weighted by Gasteiger charge is 2.37. The molecule has 20 aromatic carbocycles. The Balaban J connectivity index is 0.0000000846. The van der Waals surface area contributed by atoms with Gasteiger partial charge in [-0.15, -0.1) is 0 Å². The van der Waals surface area contributed by atoms with Crippen LogP contribution in [0, 0.1) is 0 Å². The van der Waals surface area contributed by atoms with Gasteiger partial charge in [0, 0.05) is 0 Å². The van der Waals surface area contributed by atoms with Crippen LogP contribution in [-0.2, 0) is 64.2 Å². The lowest BCUT2D eigenvalue weighted by Gasteiger charge is -2.14. The molecular formula is C124H90. The zero-order valence-electron chi connectivity index (χ0n) is 70.0. The molecule has 0 N–H and O–H groups in total. The largest absolute Gasteiger partial charge is 0.0683 e. The van der Waals surface area contributed by atoms with Gasteiger partial charge >= 0.3 is 0 Å². The minimum atomic E-state index is 1.06. The van der Waals surface area contributed by atoms with Gasteiger partial charge in [-0.3, -0.25) is 0 Å². The van der Waals surface area contributed by atoms with Crippen LogP contribution in [0.3, 0.4) is 0 Å². The smallest absolute Gasteiger partial charge is 0.000695 e. The Kier molecular flexibility index (Phi) is 17.9. The van der Waals surface area contributed by atoms with E-state index >= 15 is 0 Å². The van der Waals surface area contributed by atoms with Crippen molar-refractivity contribution in [2.75, 3.05) is 0 Å². The molecule has 586 valence electrons. The van der Waals surface area contributed by atoms with Crippen molar-refractivity contribution in [3.63, 3.8) is 0 Å². The number of benzene rings is 20. The first-order valence-corrected chi connectivity index (χ1v) is 44.8. The minimum Gasteiger partial charge on any atom is -0.0683 e. The molecule has 0 fully saturated rings. The Bertz CT molecular complexity index is 7280. The lowest BCUT2D eigenvalue weighted by Crippen LogP contribution is -1.93. The molecule has 0 radical (unpaired) electrons. The van der Waals surface area contributed by atoms with Gasteiger partial charge in [0.1, 0.15) is 0 Å². The summed E-state index contributed by atoms with van der Waals surface area (Å²) in [6.45, 7) is 4.00. The van der Waals surface area contributed by atoms with Crippen molar-refractivity contribution in [1.29, 1.82) is 0 Å². The maximum atomic E-state index is 2.31. The highest BCUT2D eigenvalue weighted by Crippen LogP contribution is 2.58. The molecule has 0 atom stereocenters. The third kappa shape index (κ3) is 11.8. The fourth-order valence-electron chi connectivity index (χ4n) is 23.2. The maximum absolute atomic E-state index is 2.31.